The number of nitrogens with zero attached hydrogens (tertiary/aromatic N) is 1. The van der Waals surface area contributed by atoms with Gasteiger partial charge in [0.15, 0.2) is 0 Å². The van der Waals surface area contributed by atoms with E-state index in [1.54, 1.807) is 6.07 Å². The quantitative estimate of drug-likeness (QED) is 0.881. The number of aryl methyl sites for hydroxylation is 1. The van der Waals surface area contributed by atoms with Crippen LogP contribution in [0.2, 0.25) is 0 Å². The molecule has 0 bridgehead atoms. The van der Waals surface area contributed by atoms with E-state index in [0.29, 0.717) is 11.7 Å². The zero-order valence-corrected chi connectivity index (χ0v) is 13.9. The van der Waals surface area contributed by atoms with Gasteiger partial charge < -0.3 is 10.1 Å². The summed E-state index contributed by atoms with van der Waals surface area (Å²) in [6, 6.07) is 15.4. The SMILES string of the molecule is Cc1cccc(NC(=O)N[C@H](C[C@@H]2CCOC2)c2ccccc2)n1. The van der Waals surface area contributed by atoms with Crippen LogP contribution in [-0.2, 0) is 4.74 Å². The molecule has 2 amide bonds. The molecule has 24 heavy (non-hydrogen) atoms. The molecule has 2 aromatic rings. The van der Waals surface area contributed by atoms with E-state index in [1.807, 2.05) is 49.4 Å². The molecule has 2 atom stereocenters. The average molecular weight is 325 g/mol. The van der Waals surface area contributed by atoms with E-state index >= 15 is 0 Å². The van der Waals surface area contributed by atoms with Crippen LogP contribution >= 0.6 is 0 Å². The van der Waals surface area contributed by atoms with Crippen LogP contribution in [0.1, 0.15) is 30.1 Å². The number of hydrogen-bond acceptors (Lipinski definition) is 3. The highest BCUT2D eigenvalue weighted by molar-refractivity contribution is 5.88. The summed E-state index contributed by atoms with van der Waals surface area (Å²) in [7, 11) is 0. The van der Waals surface area contributed by atoms with Crippen molar-refractivity contribution in [3.63, 3.8) is 0 Å². The van der Waals surface area contributed by atoms with Gasteiger partial charge in [0.2, 0.25) is 0 Å². The lowest BCUT2D eigenvalue weighted by molar-refractivity contribution is 0.181. The van der Waals surface area contributed by atoms with Gasteiger partial charge in [-0.2, -0.15) is 0 Å². The second-order valence-corrected chi connectivity index (χ2v) is 6.19. The van der Waals surface area contributed by atoms with Crippen molar-refractivity contribution in [1.29, 1.82) is 0 Å². The molecule has 2 heterocycles. The molecule has 0 unspecified atom stereocenters. The number of nitrogens with one attached hydrogen (secondary N) is 2. The van der Waals surface area contributed by atoms with Gasteiger partial charge in [-0.3, -0.25) is 5.32 Å². The Bertz CT molecular complexity index is 669. The Hall–Kier alpha value is -2.40. The molecule has 126 valence electrons. The molecule has 3 rings (SSSR count). The summed E-state index contributed by atoms with van der Waals surface area (Å²) in [6.45, 7) is 3.48. The second-order valence-electron chi connectivity index (χ2n) is 6.19. The first-order valence-electron chi connectivity index (χ1n) is 8.34. The summed E-state index contributed by atoms with van der Waals surface area (Å²) in [5.74, 6) is 1.04. The van der Waals surface area contributed by atoms with Gasteiger partial charge >= 0.3 is 6.03 Å². The molecule has 2 N–H and O–H groups in total. The average Bonchev–Trinajstić information content (AvgIpc) is 3.08. The smallest absolute Gasteiger partial charge is 0.320 e. The maximum Gasteiger partial charge on any atom is 0.320 e. The number of anilines is 1. The predicted molar refractivity (Wildman–Crippen MR) is 93.9 cm³/mol. The Morgan fingerprint density at radius 3 is 2.79 bits per heavy atom. The minimum Gasteiger partial charge on any atom is -0.381 e. The summed E-state index contributed by atoms with van der Waals surface area (Å²) >= 11 is 0. The summed E-state index contributed by atoms with van der Waals surface area (Å²) in [5.41, 5.74) is 1.98. The van der Waals surface area contributed by atoms with E-state index in [0.717, 1.165) is 37.3 Å². The minimum atomic E-state index is -0.235. The molecule has 0 saturated carbocycles. The van der Waals surface area contributed by atoms with Crippen molar-refractivity contribution in [2.75, 3.05) is 18.5 Å². The van der Waals surface area contributed by atoms with Crippen molar-refractivity contribution in [1.82, 2.24) is 10.3 Å². The van der Waals surface area contributed by atoms with Crippen LogP contribution in [-0.4, -0.2) is 24.2 Å². The number of pyridine rings is 1. The van der Waals surface area contributed by atoms with Gasteiger partial charge in [-0.05, 0) is 43.4 Å². The van der Waals surface area contributed by atoms with Gasteiger partial charge in [-0.1, -0.05) is 36.4 Å². The first kappa shape index (κ1) is 16.5. The number of benzene rings is 1. The molecule has 1 aliphatic heterocycles. The lowest BCUT2D eigenvalue weighted by atomic mass is 9.94. The number of ether oxygens (including phenoxy) is 1. The highest BCUT2D eigenvalue weighted by atomic mass is 16.5. The summed E-state index contributed by atoms with van der Waals surface area (Å²) in [5, 5.41) is 5.90. The first-order valence-corrected chi connectivity index (χ1v) is 8.34. The van der Waals surface area contributed by atoms with E-state index in [1.165, 1.54) is 0 Å². The molecular formula is C19H23N3O2. The first-order chi connectivity index (χ1) is 11.7. The lowest BCUT2D eigenvalue weighted by Gasteiger charge is -2.22. The van der Waals surface area contributed by atoms with Crippen LogP contribution in [0.25, 0.3) is 0 Å². The maximum absolute atomic E-state index is 12.4. The highest BCUT2D eigenvalue weighted by Gasteiger charge is 2.23. The third-order valence-electron chi connectivity index (χ3n) is 4.23. The molecular weight excluding hydrogens is 302 g/mol. The molecule has 0 spiro atoms. The zero-order chi connectivity index (χ0) is 16.8. The number of carbonyl (C=O) groups is 1. The van der Waals surface area contributed by atoms with E-state index in [4.69, 9.17) is 4.74 Å². The Morgan fingerprint density at radius 1 is 1.25 bits per heavy atom. The Balaban J connectivity index is 1.67. The Kier molecular flexibility index (Phi) is 5.43. The van der Waals surface area contributed by atoms with E-state index < -0.39 is 0 Å². The summed E-state index contributed by atoms with van der Waals surface area (Å²) in [4.78, 5) is 16.7. The topological polar surface area (TPSA) is 63.2 Å². The molecule has 5 heteroatoms. The van der Waals surface area contributed by atoms with Crippen LogP contribution in [0.3, 0.4) is 0 Å². The number of carbonyl (C=O) groups excluding carboxylic acids is 1. The molecule has 0 radical (unpaired) electrons. The molecule has 1 saturated heterocycles. The normalized spacial score (nSPS) is 18.1. The molecule has 1 aromatic carbocycles. The van der Waals surface area contributed by atoms with Gasteiger partial charge in [0.25, 0.3) is 0 Å². The monoisotopic (exact) mass is 325 g/mol. The Labute approximate surface area is 142 Å². The van der Waals surface area contributed by atoms with Crippen molar-refractivity contribution >= 4 is 11.8 Å². The standard InChI is InChI=1S/C19H23N3O2/c1-14-6-5-9-18(20-14)22-19(23)21-17(12-15-10-11-24-13-15)16-7-3-2-4-8-16/h2-9,15,17H,10-13H2,1H3,(H2,20,21,22,23)/t15-,17+/m0/s1. The number of urea groups is 1. The van der Waals surface area contributed by atoms with Crippen LogP contribution in [0.5, 0.6) is 0 Å². The van der Waals surface area contributed by atoms with Gasteiger partial charge in [0.1, 0.15) is 5.82 Å². The lowest BCUT2D eigenvalue weighted by Crippen LogP contribution is -2.34. The van der Waals surface area contributed by atoms with Crippen molar-refractivity contribution in [2.24, 2.45) is 5.92 Å². The number of hydrogen-bond donors (Lipinski definition) is 2. The maximum atomic E-state index is 12.4. The third-order valence-corrected chi connectivity index (χ3v) is 4.23. The van der Waals surface area contributed by atoms with Crippen molar-refractivity contribution < 1.29 is 9.53 Å². The predicted octanol–water partition coefficient (Wildman–Crippen LogP) is 3.68. The third kappa shape index (κ3) is 4.55. The fraction of sp³-hybridized carbons (Fsp3) is 0.368. The molecule has 1 aliphatic rings. The Morgan fingerprint density at radius 2 is 2.08 bits per heavy atom. The van der Waals surface area contributed by atoms with Crippen LogP contribution < -0.4 is 10.6 Å². The van der Waals surface area contributed by atoms with Crippen molar-refractivity contribution in [3.8, 4) is 0 Å². The molecule has 1 aromatic heterocycles. The van der Waals surface area contributed by atoms with Crippen LogP contribution in [0.15, 0.2) is 48.5 Å². The fourth-order valence-corrected chi connectivity index (χ4v) is 2.99. The van der Waals surface area contributed by atoms with Crippen LogP contribution in [0, 0.1) is 12.8 Å². The molecule has 5 nitrogen and oxygen atoms in total. The number of rotatable bonds is 5. The van der Waals surface area contributed by atoms with Gasteiger partial charge in [-0.25, -0.2) is 9.78 Å². The number of aromatic nitrogens is 1. The van der Waals surface area contributed by atoms with Gasteiger partial charge in [-0.15, -0.1) is 0 Å². The minimum absolute atomic E-state index is 0.0392. The van der Waals surface area contributed by atoms with Gasteiger partial charge in [0.05, 0.1) is 6.04 Å². The summed E-state index contributed by atoms with van der Waals surface area (Å²) < 4.78 is 5.47. The van der Waals surface area contributed by atoms with Gasteiger partial charge in [0, 0.05) is 18.9 Å². The van der Waals surface area contributed by atoms with E-state index in [-0.39, 0.29) is 12.1 Å². The second kappa shape index (κ2) is 7.93. The van der Waals surface area contributed by atoms with E-state index in [2.05, 4.69) is 15.6 Å². The van der Waals surface area contributed by atoms with Crippen molar-refractivity contribution in [3.05, 3.63) is 59.8 Å². The fourth-order valence-electron chi connectivity index (χ4n) is 2.99. The van der Waals surface area contributed by atoms with Crippen LogP contribution in [0.4, 0.5) is 10.6 Å². The number of amides is 2. The largest absolute Gasteiger partial charge is 0.381 e. The van der Waals surface area contributed by atoms with Crippen molar-refractivity contribution in [2.45, 2.75) is 25.8 Å². The molecule has 0 aliphatic carbocycles. The zero-order valence-electron chi connectivity index (χ0n) is 13.9. The summed E-state index contributed by atoms with van der Waals surface area (Å²) in [6.07, 6.45) is 1.92. The highest BCUT2D eigenvalue weighted by Crippen LogP contribution is 2.26. The molecule has 1 fully saturated rings. The van der Waals surface area contributed by atoms with E-state index in [9.17, 15) is 4.79 Å².